The van der Waals surface area contributed by atoms with Gasteiger partial charge >= 0.3 is 6.18 Å². The van der Waals surface area contributed by atoms with Crippen molar-refractivity contribution in [1.82, 2.24) is 15.2 Å². The lowest BCUT2D eigenvalue weighted by Gasteiger charge is -2.25. The third-order valence-electron chi connectivity index (χ3n) is 6.38. The number of ether oxygens (including phenoxy) is 1. The van der Waals surface area contributed by atoms with Crippen LogP contribution in [0.3, 0.4) is 0 Å². The lowest BCUT2D eigenvalue weighted by Crippen LogP contribution is -2.37. The number of fused-ring (bicyclic) bond motifs is 1. The quantitative estimate of drug-likeness (QED) is 0.531. The highest BCUT2D eigenvalue weighted by molar-refractivity contribution is 6.03. The lowest BCUT2D eigenvalue weighted by molar-refractivity contribution is -0.192. The topological polar surface area (TPSA) is 116 Å². The zero-order valence-corrected chi connectivity index (χ0v) is 17.4. The van der Waals surface area contributed by atoms with Gasteiger partial charge < -0.3 is 25.5 Å². The number of aliphatic hydroxyl groups excluding tert-OH is 1. The number of hydrogen-bond acceptors (Lipinski definition) is 6. The van der Waals surface area contributed by atoms with Gasteiger partial charge in [0.1, 0.15) is 12.3 Å². The van der Waals surface area contributed by atoms with Crippen LogP contribution in [0, 0.1) is 16.7 Å². The average molecular weight is 442 g/mol. The summed E-state index contributed by atoms with van der Waals surface area (Å²) >= 11 is 0. The van der Waals surface area contributed by atoms with Crippen LogP contribution in [-0.4, -0.2) is 70.6 Å². The summed E-state index contributed by atoms with van der Waals surface area (Å²) in [6, 6.07) is 1.48. The molecule has 1 aliphatic heterocycles. The van der Waals surface area contributed by atoms with Gasteiger partial charge in [0, 0.05) is 49.1 Å². The number of aromatic nitrogens is 1. The fraction of sp³-hybridized carbons (Fsp3) is 0.600. The number of nitrogens with one attached hydrogen (secondary N) is 2. The van der Waals surface area contributed by atoms with E-state index in [2.05, 4.69) is 10.3 Å². The van der Waals surface area contributed by atoms with Crippen molar-refractivity contribution in [3.8, 4) is 0 Å². The second-order valence-electron chi connectivity index (χ2n) is 8.32. The van der Waals surface area contributed by atoms with Crippen LogP contribution in [0.5, 0.6) is 0 Å². The number of hydrogen-bond donors (Lipinski definition) is 3. The van der Waals surface area contributed by atoms with E-state index in [1.807, 2.05) is 0 Å². The molecule has 0 saturated heterocycles. The molecule has 1 saturated carbocycles. The molecule has 11 heteroatoms. The average Bonchev–Trinajstić information content (AvgIpc) is 2.97. The number of carbonyl (C=O) groups excluding carboxylic acids is 2. The van der Waals surface area contributed by atoms with Gasteiger partial charge in [-0.2, -0.15) is 13.2 Å². The van der Waals surface area contributed by atoms with Gasteiger partial charge in [0.25, 0.3) is 11.8 Å². The minimum atomic E-state index is -4.50. The number of amides is 2. The Hall–Kier alpha value is -2.53. The number of rotatable bonds is 8. The number of carbonyl (C=O) groups is 2. The van der Waals surface area contributed by atoms with Gasteiger partial charge in [-0.15, -0.1) is 0 Å². The summed E-state index contributed by atoms with van der Waals surface area (Å²) in [5, 5.41) is 19.8. The second-order valence-corrected chi connectivity index (χ2v) is 8.32. The van der Waals surface area contributed by atoms with Crippen LogP contribution in [0.15, 0.2) is 12.3 Å². The molecule has 0 spiro atoms. The van der Waals surface area contributed by atoms with Gasteiger partial charge in [0.05, 0.1) is 17.1 Å². The van der Waals surface area contributed by atoms with Crippen LogP contribution >= 0.6 is 0 Å². The molecular formula is C20H25F3N4O4. The zero-order valence-electron chi connectivity index (χ0n) is 17.4. The highest BCUT2D eigenvalue weighted by atomic mass is 19.4. The van der Waals surface area contributed by atoms with E-state index in [0.29, 0.717) is 5.56 Å². The van der Waals surface area contributed by atoms with E-state index in [-0.39, 0.29) is 36.8 Å². The molecule has 0 aromatic carbocycles. The molecular weight excluding hydrogens is 417 g/mol. The van der Waals surface area contributed by atoms with E-state index >= 15 is 0 Å². The smallest absolute Gasteiger partial charge is 0.392 e. The molecule has 170 valence electrons. The second kappa shape index (κ2) is 7.86. The first kappa shape index (κ1) is 23.1. The predicted octanol–water partition coefficient (Wildman–Crippen LogP) is 1.77. The molecule has 2 heterocycles. The van der Waals surface area contributed by atoms with Gasteiger partial charge in [-0.05, 0) is 19.9 Å². The molecule has 1 aliphatic carbocycles. The Kier molecular flexibility index (Phi) is 5.87. The third-order valence-corrected chi connectivity index (χ3v) is 6.38. The Bertz CT molecular complexity index is 907. The van der Waals surface area contributed by atoms with Crippen molar-refractivity contribution in [2.24, 2.45) is 11.3 Å². The van der Waals surface area contributed by atoms with Crippen molar-refractivity contribution in [3.63, 3.8) is 0 Å². The van der Waals surface area contributed by atoms with E-state index in [4.69, 9.17) is 10.1 Å². The zero-order chi connectivity index (χ0) is 23.2. The van der Waals surface area contributed by atoms with Crippen molar-refractivity contribution < 1.29 is 32.6 Å². The monoisotopic (exact) mass is 442 g/mol. The molecule has 1 aromatic rings. The van der Waals surface area contributed by atoms with Crippen molar-refractivity contribution in [2.75, 3.05) is 19.7 Å². The maximum atomic E-state index is 12.9. The van der Waals surface area contributed by atoms with Crippen LogP contribution in [0.1, 0.15) is 47.2 Å². The van der Waals surface area contributed by atoms with Crippen LogP contribution in [0.2, 0.25) is 0 Å². The summed E-state index contributed by atoms with van der Waals surface area (Å²) in [6.07, 6.45) is -2.87. The van der Waals surface area contributed by atoms with Crippen LogP contribution in [0.25, 0.3) is 0 Å². The third kappa shape index (κ3) is 4.03. The minimum Gasteiger partial charge on any atom is -0.392 e. The molecule has 1 fully saturated rings. The van der Waals surface area contributed by atoms with Gasteiger partial charge in [-0.3, -0.25) is 14.6 Å². The first-order valence-corrected chi connectivity index (χ1v) is 9.82. The Morgan fingerprint density at radius 1 is 1.55 bits per heavy atom. The van der Waals surface area contributed by atoms with Gasteiger partial charge in [-0.1, -0.05) is 6.92 Å². The first-order valence-electron chi connectivity index (χ1n) is 9.82. The Morgan fingerprint density at radius 3 is 2.81 bits per heavy atom. The van der Waals surface area contributed by atoms with Gasteiger partial charge in [0.15, 0.2) is 0 Å². The van der Waals surface area contributed by atoms with E-state index < -0.39 is 41.7 Å². The fourth-order valence-corrected chi connectivity index (χ4v) is 4.28. The van der Waals surface area contributed by atoms with Crippen LogP contribution < -0.4 is 5.32 Å². The Balaban J connectivity index is 1.79. The number of aliphatic hydroxyl groups is 1. The van der Waals surface area contributed by atoms with Crippen molar-refractivity contribution >= 4 is 18.0 Å². The van der Waals surface area contributed by atoms with Crippen LogP contribution in [-0.2, 0) is 11.3 Å². The molecule has 2 unspecified atom stereocenters. The standard InChI is InChI=1S/C20H25F3N4O4/c1-11(28)6-26-16(29)15-14-7-27(17(30)13(14)4-5-25-15)9-19(8-24)12(2)18(19,3)31-10-20(21,22)23/h4-5,8,11-12,24,28H,6-7,9-10H2,1-3H3,(H,26,29)/t11-,12?,18-,19?/m1/s1. The first-order chi connectivity index (χ1) is 14.4. The van der Waals surface area contributed by atoms with E-state index in [0.717, 1.165) is 6.21 Å². The maximum absolute atomic E-state index is 12.9. The highest BCUT2D eigenvalue weighted by Crippen LogP contribution is 2.63. The fourth-order valence-electron chi connectivity index (χ4n) is 4.28. The normalized spacial score (nSPS) is 28.3. The number of nitrogens with zero attached hydrogens (tertiary/aromatic N) is 2. The maximum Gasteiger partial charge on any atom is 0.411 e. The summed E-state index contributed by atoms with van der Waals surface area (Å²) in [5.41, 5.74) is -1.57. The highest BCUT2D eigenvalue weighted by Gasteiger charge is 2.73. The summed E-state index contributed by atoms with van der Waals surface area (Å²) < 4.78 is 43.2. The molecule has 8 nitrogen and oxygen atoms in total. The summed E-state index contributed by atoms with van der Waals surface area (Å²) in [5.74, 6) is -1.34. The van der Waals surface area contributed by atoms with Crippen molar-refractivity contribution in [3.05, 3.63) is 29.1 Å². The molecule has 3 N–H and O–H groups in total. The molecule has 0 radical (unpaired) electrons. The van der Waals surface area contributed by atoms with Gasteiger partial charge in [0.2, 0.25) is 0 Å². The molecule has 4 atom stereocenters. The number of alkyl halides is 3. The summed E-state index contributed by atoms with van der Waals surface area (Å²) in [6.45, 7) is 3.32. The van der Waals surface area contributed by atoms with Crippen molar-refractivity contribution in [2.45, 2.75) is 45.2 Å². The molecule has 0 bridgehead atoms. The van der Waals surface area contributed by atoms with Crippen LogP contribution in [0.4, 0.5) is 13.2 Å². The SMILES string of the molecule is CC1C(C=N)(CN2Cc3c(ccnc3C(=O)NC[C@@H](C)O)C2=O)[C@]1(C)OCC(F)(F)F. The molecule has 2 aliphatic rings. The predicted molar refractivity (Wildman–Crippen MR) is 104 cm³/mol. The van der Waals surface area contributed by atoms with Crippen molar-refractivity contribution in [1.29, 1.82) is 5.41 Å². The Labute approximate surface area is 177 Å². The van der Waals surface area contributed by atoms with E-state index in [1.54, 1.807) is 6.92 Å². The van der Waals surface area contributed by atoms with Gasteiger partial charge in [-0.25, -0.2) is 0 Å². The largest absolute Gasteiger partial charge is 0.411 e. The lowest BCUT2D eigenvalue weighted by atomic mass is 10.0. The minimum absolute atomic E-state index is 0.0190. The van der Waals surface area contributed by atoms with E-state index in [9.17, 15) is 27.9 Å². The molecule has 3 rings (SSSR count). The number of pyridine rings is 1. The molecule has 31 heavy (non-hydrogen) atoms. The Morgan fingerprint density at radius 2 is 2.23 bits per heavy atom. The molecule has 2 amide bonds. The number of halogens is 3. The summed E-state index contributed by atoms with van der Waals surface area (Å²) in [4.78, 5) is 30.8. The van der Waals surface area contributed by atoms with E-state index in [1.165, 1.54) is 31.0 Å². The molecule has 1 aromatic heterocycles. The summed E-state index contributed by atoms with van der Waals surface area (Å²) in [7, 11) is 0.